The van der Waals surface area contributed by atoms with E-state index < -0.39 is 5.91 Å². The Morgan fingerprint density at radius 3 is 2.72 bits per heavy atom. The monoisotopic (exact) mass is 371 g/mol. The van der Waals surface area contributed by atoms with E-state index in [0.717, 1.165) is 22.8 Å². The number of amides is 2. The van der Waals surface area contributed by atoms with Crippen molar-refractivity contribution in [3.63, 3.8) is 0 Å². The average molecular weight is 372 g/mol. The van der Waals surface area contributed by atoms with Gasteiger partial charge >= 0.3 is 0 Å². The van der Waals surface area contributed by atoms with Crippen LogP contribution in [0.25, 0.3) is 17.0 Å². The number of fused-ring (bicyclic) bond motifs is 1. The summed E-state index contributed by atoms with van der Waals surface area (Å²) in [6, 6.07) is 9.01. The summed E-state index contributed by atoms with van der Waals surface area (Å²) in [7, 11) is 0. The van der Waals surface area contributed by atoms with Crippen molar-refractivity contribution in [2.24, 2.45) is 0 Å². The summed E-state index contributed by atoms with van der Waals surface area (Å²) in [5.41, 5.74) is 2.13. The van der Waals surface area contributed by atoms with Crippen molar-refractivity contribution in [3.8, 4) is 0 Å². The molecule has 1 aromatic carbocycles. The lowest BCUT2D eigenvalue weighted by molar-refractivity contribution is -0.115. The summed E-state index contributed by atoms with van der Waals surface area (Å²) >= 11 is 6.74. The van der Waals surface area contributed by atoms with Gasteiger partial charge in [-0.1, -0.05) is 11.6 Å². The Hall–Kier alpha value is -2.77. The first-order chi connectivity index (χ1) is 12.1. The number of halogens is 1. The molecule has 1 saturated heterocycles. The topological polar surface area (TPSA) is 84.2 Å². The van der Waals surface area contributed by atoms with Gasteiger partial charge in [-0.25, -0.2) is 0 Å². The van der Waals surface area contributed by atoms with Gasteiger partial charge in [-0.2, -0.15) is 0 Å². The Bertz CT molecular complexity index is 1030. The molecule has 0 spiro atoms. The van der Waals surface area contributed by atoms with Gasteiger partial charge in [-0.3, -0.25) is 19.9 Å². The minimum absolute atomic E-state index is 0.296. The van der Waals surface area contributed by atoms with Crippen molar-refractivity contribution in [1.29, 1.82) is 0 Å². The normalized spacial score (nSPS) is 15.8. The predicted molar refractivity (Wildman–Crippen MR) is 97.9 cm³/mol. The maximum atomic E-state index is 11.6. The van der Waals surface area contributed by atoms with E-state index >= 15 is 0 Å². The van der Waals surface area contributed by atoms with Gasteiger partial charge in [0.2, 0.25) is 0 Å². The molecule has 0 saturated carbocycles. The van der Waals surface area contributed by atoms with Crippen LogP contribution in [-0.4, -0.2) is 16.1 Å². The molecule has 3 heterocycles. The average Bonchev–Trinajstić information content (AvgIpc) is 3.13. The smallest absolute Gasteiger partial charge is 0.290 e. The number of carbonyl (C=O) groups excluding carboxylic acids is 2. The highest BCUT2D eigenvalue weighted by molar-refractivity contribution is 8.18. The van der Waals surface area contributed by atoms with Gasteiger partial charge in [0.05, 0.1) is 11.1 Å². The highest BCUT2D eigenvalue weighted by Gasteiger charge is 2.25. The minimum atomic E-state index is -0.423. The van der Waals surface area contributed by atoms with Crippen LogP contribution in [0.1, 0.15) is 5.76 Å². The Balaban J connectivity index is 1.69. The van der Waals surface area contributed by atoms with Gasteiger partial charge in [0.1, 0.15) is 11.4 Å². The van der Waals surface area contributed by atoms with Crippen LogP contribution < -0.4 is 10.6 Å². The molecule has 1 fully saturated rings. The molecule has 6 nitrogen and oxygen atoms in total. The molecular weight excluding hydrogens is 362 g/mol. The van der Waals surface area contributed by atoms with Crippen LogP contribution in [-0.2, 0) is 4.79 Å². The molecule has 1 aliphatic heterocycles. The minimum Gasteiger partial charge on any atom is -0.454 e. The van der Waals surface area contributed by atoms with Crippen molar-refractivity contribution in [1.82, 2.24) is 10.3 Å². The highest BCUT2D eigenvalue weighted by atomic mass is 35.5. The molecule has 25 heavy (non-hydrogen) atoms. The molecule has 3 aromatic rings. The summed E-state index contributed by atoms with van der Waals surface area (Å²) < 4.78 is 5.83. The molecular formula is C17H10ClN3O3S. The second-order valence-electron chi connectivity index (χ2n) is 5.24. The molecule has 2 N–H and O–H groups in total. The molecule has 0 atom stereocenters. The molecule has 2 amide bonds. The lowest BCUT2D eigenvalue weighted by atomic mass is 10.2. The number of benzene rings is 1. The Kier molecular flexibility index (Phi) is 3.95. The molecule has 1 aliphatic rings. The van der Waals surface area contributed by atoms with E-state index in [2.05, 4.69) is 15.6 Å². The van der Waals surface area contributed by atoms with Crippen molar-refractivity contribution in [3.05, 3.63) is 58.4 Å². The zero-order chi connectivity index (χ0) is 17.4. The summed E-state index contributed by atoms with van der Waals surface area (Å²) in [4.78, 5) is 27.4. The van der Waals surface area contributed by atoms with Gasteiger partial charge in [-0.05, 0) is 42.1 Å². The number of aromatic nitrogens is 1. The maximum absolute atomic E-state index is 11.6. The van der Waals surface area contributed by atoms with Crippen LogP contribution in [0.3, 0.4) is 0 Å². The van der Waals surface area contributed by atoms with Gasteiger partial charge < -0.3 is 9.73 Å². The lowest BCUT2D eigenvalue weighted by Crippen LogP contribution is -2.17. The summed E-state index contributed by atoms with van der Waals surface area (Å²) in [5, 5.41) is 6.47. The van der Waals surface area contributed by atoms with E-state index in [1.54, 1.807) is 30.6 Å². The van der Waals surface area contributed by atoms with Crippen LogP contribution >= 0.6 is 23.4 Å². The number of nitrogens with one attached hydrogen (secondary N) is 2. The number of thioether (sulfide) groups is 1. The van der Waals surface area contributed by atoms with Gasteiger partial charge in [-0.15, -0.1) is 0 Å². The number of imide groups is 1. The standard InChI is InChI=1S/C17H10ClN3O3S/c18-10-1-3-11(4-2-10)20-13-8-19-7-9-5-12(24-15(9)13)6-14-16(22)21-17(23)25-14/h1-8,20H,(H,21,22,23)/b14-6+. The summed E-state index contributed by atoms with van der Waals surface area (Å²) in [5.74, 6) is 0.0441. The molecule has 0 unspecified atom stereocenters. The number of nitrogens with zero attached hydrogens (tertiary/aromatic N) is 1. The third kappa shape index (κ3) is 3.24. The van der Waals surface area contributed by atoms with Gasteiger partial charge in [0, 0.05) is 28.4 Å². The quantitative estimate of drug-likeness (QED) is 0.657. The molecule has 0 bridgehead atoms. The van der Waals surface area contributed by atoms with E-state index in [1.165, 1.54) is 6.08 Å². The number of furan rings is 1. The third-order valence-corrected chi connectivity index (χ3v) is 4.54. The Morgan fingerprint density at radius 1 is 1.20 bits per heavy atom. The molecule has 0 radical (unpaired) electrons. The molecule has 8 heteroatoms. The lowest BCUT2D eigenvalue weighted by Gasteiger charge is -2.06. The Labute approximate surface area is 151 Å². The first-order valence-electron chi connectivity index (χ1n) is 7.23. The van der Waals surface area contributed by atoms with Gasteiger partial charge in [0.25, 0.3) is 11.1 Å². The number of anilines is 2. The number of rotatable bonds is 3. The summed E-state index contributed by atoms with van der Waals surface area (Å²) in [6.07, 6.45) is 4.86. The fourth-order valence-corrected chi connectivity index (χ4v) is 3.17. The van der Waals surface area contributed by atoms with Crippen molar-refractivity contribution < 1.29 is 14.0 Å². The molecule has 0 aliphatic carbocycles. The number of pyridine rings is 1. The van der Waals surface area contributed by atoms with Crippen LogP contribution in [0.4, 0.5) is 16.2 Å². The zero-order valence-electron chi connectivity index (χ0n) is 12.6. The predicted octanol–water partition coefficient (Wildman–Crippen LogP) is 4.55. The zero-order valence-corrected chi connectivity index (χ0v) is 14.1. The SMILES string of the molecule is O=C1NC(=O)/C(=C\c2cc3cncc(Nc4ccc(Cl)cc4)c3o2)S1. The largest absolute Gasteiger partial charge is 0.454 e. The van der Waals surface area contributed by atoms with Crippen LogP contribution in [0.2, 0.25) is 5.02 Å². The van der Waals surface area contributed by atoms with Crippen LogP contribution in [0, 0.1) is 0 Å². The number of hydrogen-bond donors (Lipinski definition) is 2. The second kappa shape index (κ2) is 6.27. The first kappa shape index (κ1) is 15.7. The van der Waals surface area contributed by atoms with Crippen molar-refractivity contribution in [2.45, 2.75) is 0 Å². The van der Waals surface area contributed by atoms with E-state index in [4.69, 9.17) is 16.0 Å². The van der Waals surface area contributed by atoms with Gasteiger partial charge in [0.15, 0.2) is 5.58 Å². The van der Waals surface area contributed by atoms with Crippen molar-refractivity contribution >= 4 is 62.9 Å². The van der Waals surface area contributed by atoms with E-state index in [0.29, 0.717) is 27.0 Å². The second-order valence-corrected chi connectivity index (χ2v) is 6.69. The van der Waals surface area contributed by atoms with Crippen molar-refractivity contribution in [2.75, 3.05) is 5.32 Å². The maximum Gasteiger partial charge on any atom is 0.290 e. The summed E-state index contributed by atoms with van der Waals surface area (Å²) in [6.45, 7) is 0. The molecule has 4 rings (SSSR count). The van der Waals surface area contributed by atoms with Crippen LogP contribution in [0.15, 0.2) is 52.0 Å². The fourth-order valence-electron chi connectivity index (χ4n) is 2.38. The number of carbonyl (C=O) groups is 2. The molecule has 2 aromatic heterocycles. The van der Waals surface area contributed by atoms with E-state index in [9.17, 15) is 9.59 Å². The van der Waals surface area contributed by atoms with Crippen LogP contribution in [0.5, 0.6) is 0 Å². The highest BCUT2D eigenvalue weighted by Crippen LogP contribution is 2.31. The molecule has 124 valence electrons. The Morgan fingerprint density at radius 2 is 2.00 bits per heavy atom. The van der Waals surface area contributed by atoms with E-state index in [-0.39, 0.29) is 5.24 Å². The fraction of sp³-hybridized carbons (Fsp3) is 0. The van der Waals surface area contributed by atoms with E-state index in [1.807, 2.05) is 12.1 Å². The number of hydrogen-bond acceptors (Lipinski definition) is 6. The first-order valence-corrected chi connectivity index (χ1v) is 8.43. The third-order valence-electron chi connectivity index (χ3n) is 3.48.